The number of rotatable bonds is 5. The van der Waals surface area contributed by atoms with Crippen LogP contribution in [0.1, 0.15) is 5.56 Å². The van der Waals surface area contributed by atoms with Crippen molar-refractivity contribution in [3.8, 4) is 5.75 Å². The van der Waals surface area contributed by atoms with Gasteiger partial charge in [0.2, 0.25) is 10.0 Å². The zero-order chi connectivity index (χ0) is 15.5. The molecule has 4 nitrogen and oxygen atoms in total. The van der Waals surface area contributed by atoms with Crippen LogP contribution in [0.25, 0.3) is 0 Å². The molecule has 0 fully saturated rings. The van der Waals surface area contributed by atoms with Crippen molar-refractivity contribution in [2.75, 3.05) is 7.11 Å². The molecule has 0 spiro atoms. The van der Waals surface area contributed by atoms with E-state index in [2.05, 4.69) is 4.72 Å². The third kappa shape index (κ3) is 3.93. The van der Waals surface area contributed by atoms with Gasteiger partial charge in [0.1, 0.15) is 16.5 Å². The molecule has 0 amide bonds. The summed E-state index contributed by atoms with van der Waals surface area (Å²) in [6.45, 7) is 0.0400. The highest BCUT2D eigenvalue weighted by atomic mass is 35.5. The van der Waals surface area contributed by atoms with Crippen LogP contribution in [0.15, 0.2) is 47.4 Å². The number of nitrogens with one attached hydrogen (secondary N) is 1. The third-order valence-electron chi connectivity index (χ3n) is 2.81. The molecule has 2 aromatic rings. The van der Waals surface area contributed by atoms with Crippen LogP contribution in [0, 0.1) is 5.82 Å². The molecule has 0 atom stereocenters. The van der Waals surface area contributed by atoms with Crippen molar-refractivity contribution in [1.29, 1.82) is 0 Å². The van der Waals surface area contributed by atoms with E-state index in [0.717, 1.165) is 17.7 Å². The fourth-order valence-electron chi connectivity index (χ4n) is 1.68. The second-order valence-electron chi connectivity index (χ2n) is 4.25. The molecule has 0 heterocycles. The third-order valence-corrected chi connectivity index (χ3v) is 4.46. The van der Waals surface area contributed by atoms with E-state index >= 15 is 0 Å². The predicted octanol–water partition coefficient (Wildman–Crippen LogP) is 2.97. The van der Waals surface area contributed by atoms with Crippen molar-refractivity contribution in [1.82, 2.24) is 4.72 Å². The van der Waals surface area contributed by atoms with Gasteiger partial charge in [0.15, 0.2) is 0 Å². The molecule has 7 heteroatoms. The fraction of sp³-hybridized carbons (Fsp3) is 0.143. The summed E-state index contributed by atoms with van der Waals surface area (Å²) in [6, 6.07) is 10.2. The summed E-state index contributed by atoms with van der Waals surface area (Å²) in [5, 5.41) is 0.154. The minimum absolute atomic E-state index is 0.0400. The maximum absolute atomic E-state index is 13.6. The minimum atomic E-state index is -3.97. The van der Waals surface area contributed by atoms with Crippen LogP contribution >= 0.6 is 11.6 Å². The highest BCUT2D eigenvalue weighted by Crippen LogP contribution is 2.20. The number of benzene rings is 2. The van der Waals surface area contributed by atoms with Gasteiger partial charge >= 0.3 is 0 Å². The Morgan fingerprint density at radius 1 is 1.19 bits per heavy atom. The Hall–Kier alpha value is -1.63. The van der Waals surface area contributed by atoms with Crippen LogP contribution in [0.4, 0.5) is 4.39 Å². The Morgan fingerprint density at radius 2 is 1.86 bits per heavy atom. The summed E-state index contributed by atoms with van der Waals surface area (Å²) in [7, 11) is -2.43. The Labute approximate surface area is 127 Å². The van der Waals surface area contributed by atoms with E-state index in [-0.39, 0.29) is 11.6 Å². The van der Waals surface area contributed by atoms with Gasteiger partial charge in [0.25, 0.3) is 0 Å². The SMILES string of the molecule is COc1ccc(CNS(=O)(=O)c2cc(Cl)ccc2F)cc1. The first-order valence-electron chi connectivity index (χ1n) is 6.00. The van der Waals surface area contributed by atoms with Gasteiger partial charge in [0, 0.05) is 11.6 Å². The number of sulfonamides is 1. The average Bonchev–Trinajstić information content (AvgIpc) is 2.48. The Kier molecular flexibility index (Phi) is 4.82. The number of hydrogen-bond acceptors (Lipinski definition) is 3. The lowest BCUT2D eigenvalue weighted by molar-refractivity contribution is 0.414. The molecule has 0 saturated carbocycles. The minimum Gasteiger partial charge on any atom is -0.497 e. The quantitative estimate of drug-likeness (QED) is 0.917. The topological polar surface area (TPSA) is 55.4 Å². The Bertz CT molecular complexity index is 732. The van der Waals surface area contributed by atoms with Gasteiger partial charge in [-0.15, -0.1) is 0 Å². The van der Waals surface area contributed by atoms with Crippen molar-refractivity contribution >= 4 is 21.6 Å². The van der Waals surface area contributed by atoms with E-state index in [0.29, 0.717) is 5.75 Å². The normalized spacial score (nSPS) is 11.4. The first kappa shape index (κ1) is 15.8. The van der Waals surface area contributed by atoms with Crippen LogP contribution in [-0.4, -0.2) is 15.5 Å². The highest BCUT2D eigenvalue weighted by Gasteiger charge is 2.19. The van der Waals surface area contributed by atoms with E-state index < -0.39 is 20.7 Å². The largest absolute Gasteiger partial charge is 0.497 e. The molecule has 2 aromatic carbocycles. The molecular weight excluding hydrogens is 317 g/mol. The van der Waals surface area contributed by atoms with Gasteiger partial charge in [0.05, 0.1) is 7.11 Å². The first-order valence-corrected chi connectivity index (χ1v) is 7.86. The monoisotopic (exact) mass is 329 g/mol. The van der Waals surface area contributed by atoms with E-state index in [1.165, 1.54) is 6.07 Å². The Morgan fingerprint density at radius 3 is 2.48 bits per heavy atom. The van der Waals surface area contributed by atoms with E-state index in [9.17, 15) is 12.8 Å². The molecule has 21 heavy (non-hydrogen) atoms. The van der Waals surface area contributed by atoms with Gasteiger partial charge in [-0.25, -0.2) is 17.5 Å². The number of ether oxygens (including phenoxy) is 1. The second kappa shape index (κ2) is 6.43. The van der Waals surface area contributed by atoms with Gasteiger partial charge in [-0.3, -0.25) is 0 Å². The van der Waals surface area contributed by atoms with Crippen molar-refractivity contribution in [3.05, 3.63) is 58.9 Å². The summed E-state index contributed by atoms with van der Waals surface area (Å²) in [5.74, 6) is -0.177. The van der Waals surface area contributed by atoms with Gasteiger partial charge < -0.3 is 4.74 Å². The molecular formula is C14H13ClFNO3S. The van der Waals surface area contributed by atoms with Crippen molar-refractivity contribution in [3.63, 3.8) is 0 Å². The molecule has 0 bridgehead atoms. The van der Waals surface area contributed by atoms with Gasteiger partial charge in [-0.05, 0) is 35.9 Å². The Balaban J connectivity index is 2.15. The zero-order valence-corrected chi connectivity index (χ0v) is 12.7. The molecule has 0 aliphatic carbocycles. The zero-order valence-electron chi connectivity index (χ0n) is 11.1. The standard InChI is InChI=1S/C14H13ClFNO3S/c1-20-12-5-2-10(3-6-12)9-17-21(18,19)14-8-11(15)4-7-13(14)16/h2-8,17H,9H2,1H3. The average molecular weight is 330 g/mol. The fourth-order valence-corrected chi connectivity index (χ4v) is 3.04. The molecule has 2 rings (SSSR count). The summed E-state index contributed by atoms with van der Waals surface area (Å²) in [4.78, 5) is -0.469. The summed E-state index contributed by atoms with van der Waals surface area (Å²) >= 11 is 5.70. The maximum atomic E-state index is 13.6. The smallest absolute Gasteiger partial charge is 0.243 e. The van der Waals surface area contributed by atoms with Gasteiger partial charge in [-0.1, -0.05) is 23.7 Å². The van der Waals surface area contributed by atoms with E-state index in [1.54, 1.807) is 31.4 Å². The number of halogens is 2. The molecule has 0 saturated heterocycles. The second-order valence-corrected chi connectivity index (χ2v) is 6.42. The summed E-state index contributed by atoms with van der Waals surface area (Å²) < 4.78 is 45.1. The lowest BCUT2D eigenvalue weighted by Crippen LogP contribution is -2.24. The molecule has 0 aliphatic rings. The number of methoxy groups -OCH3 is 1. The van der Waals surface area contributed by atoms with E-state index in [1.807, 2.05) is 0 Å². The lowest BCUT2D eigenvalue weighted by Gasteiger charge is -2.08. The predicted molar refractivity (Wildman–Crippen MR) is 78.4 cm³/mol. The highest BCUT2D eigenvalue weighted by molar-refractivity contribution is 7.89. The van der Waals surface area contributed by atoms with Gasteiger partial charge in [-0.2, -0.15) is 0 Å². The van der Waals surface area contributed by atoms with Crippen LogP contribution < -0.4 is 9.46 Å². The molecule has 0 unspecified atom stereocenters. The number of hydrogen-bond donors (Lipinski definition) is 1. The van der Waals surface area contributed by atoms with Crippen molar-refractivity contribution in [2.24, 2.45) is 0 Å². The summed E-state index contributed by atoms with van der Waals surface area (Å²) in [6.07, 6.45) is 0. The maximum Gasteiger partial charge on any atom is 0.243 e. The molecule has 0 radical (unpaired) electrons. The van der Waals surface area contributed by atoms with Crippen molar-refractivity contribution < 1.29 is 17.5 Å². The van der Waals surface area contributed by atoms with Crippen LogP contribution in [0.2, 0.25) is 5.02 Å². The summed E-state index contributed by atoms with van der Waals surface area (Å²) in [5.41, 5.74) is 0.724. The van der Waals surface area contributed by atoms with E-state index in [4.69, 9.17) is 16.3 Å². The molecule has 0 aliphatic heterocycles. The van der Waals surface area contributed by atoms with Crippen molar-refractivity contribution in [2.45, 2.75) is 11.4 Å². The lowest BCUT2D eigenvalue weighted by atomic mass is 10.2. The van der Waals surface area contributed by atoms with Crippen LogP contribution in [-0.2, 0) is 16.6 Å². The first-order chi connectivity index (χ1) is 9.92. The molecule has 112 valence electrons. The van der Waals surface area contributed by atoms with Crippen LogP contribution in [0.3, 0.4) is 0 Å². The molecule has 0 aromatic heterocycles. The van der Waals surface area contributed by atoms with Crippen LogP contribution in [0.5, 0.6) is 5.75 Å². The molecule has 1 N–H and O–H groups in total.